The summed E-state index contributed by atoms with van der Waals surface area (Å²) in [5, 5.41) is 0. The average Bonchev–Trinajstić information content (AvgIpc) is 3.20. The number of nitrogens with zero attached hydrogens (tertiary/aromatic N) is 2. The number of aromatic nitrogens is 2. The van der Waals surface area contributed by atoms with Gasteiger partial charge in [0.05, 0.1) is 26.8 Å². The van der Waals surface area contributed by atoms with Crippen LogP contribution >= 0.6 is 27.3 Å². The molecule has 0 spiro atoms. The van der Waals surface area contributed by atoms with Gasteiger partial charge in [0.25, 0.3) is 0 Å². The Morgan fingerprint density at radius 3 is 1.80 bits per heavy atom. The van der Waals surface area contributed by atoms with Gasteiger partial charge in [0.1, 0.15) is 0 Å². The quantitative estimate of drug-likeness (QED) is 0.297. The summed E-state index contributed by atoms with van der Waals surface area (Å²) in [4.78, 5) is 11.9. The summed E-state index contributed by atoms with van der Waals surface area (Å²) in [5.41, 5.74) is 7.95. The van der Waals surface area contributed by atoms with Gasteiger partial charge in [0.2, 0.25) is 0 Å². The summed E-state index contributed by atoms with van der Waals surface area (Å²) in [6.45, 7) is 10.8. The lowest BCUT2D eigenvalue weighted by atomic mass is 9.86. The summed E-state index contributed by atoms with van der Waals surface area (Å²) in [6, 6.07) is 21.5. The van der Waals surface area contributed by atoms with Crippen molar-refractivity contribution in [3.63, 3.8) is 0 Å². The normalized spacial score (nSPS) is 11.7. The molecule has 0 bridgehead atoms. The summed E-state index contributed by atoms with van der Waals surface area (Å²) < 4.78 is 1.03. The minimum Gasteiger partial charge on any atom is -0.252 e. The van der Waals surface area contributed by atoms with E-state index >= 15 is 0 Å². The van der Waals surface area contributed by atoms with E-state index in [1.165, 1.54) is 16.7 Å². The molecule has 0 atom stereocenters. The Hall–Kier alpha value is -2.30. The Kier molecular flexibility index (Phi) is 5.65. The molecule has 4 heteroatoms. The van der Waals surface area contributed by atoms with E-state index in [9.17, 15) is 0 Å². The van der Waals surface area contributed by atoms with Gasteiger partial charge in [-0.1, -0.05) is 51.1 Å². The number of thiophene rings is 1. The van der Waals surface area contributed by atoms with Gasteiger partial charge in [-0.3, -0.25) is 9.97 Å². The highest BCUT2D eigenvalue weighted by Gasteiger charge is 2.14. The standard InChI is InChI=1S/C26H25BrN2S/c1-16-20(18-6-8-19(9-7-18)26(3,4)5)10-12-22(28-16)24-14-15-25(30-24)23-13-11-21(27)17(2)29-23/h6-15H,1-5H3. The molecule has 4 aromatic rings. The molecule has 0 saturated heterocycles. The maximum Gasteiger partial charge on any atom is 0.0805 e. The van der Waals surface area contributed by atoms with Gasteiger partial charge in [-0.15, -0.1) is 11.3 Å². The average molecular weight is 477 g/mol. The summed E-state index contributed by atoms with van der Waals surface area (Å²) >= 11 is 5.25. The maximum absolute atomic E-state index is 4.91. The zero-order valence-electron chi connectivity index (χ0n) is 18.0. The van der Waals surface area contributed by atoms with E-state index in [0.29, 0.717) is 0 Å². The van der Waals surface area contributed by atoms with Crippen LogP contribution in [0.4, 0.5) is 0 Å². The minimum absolute atomic E-state index is 0.161. The Labute approximate surface area is 191 Å². The van der Waals surface area contributed by atoms with Gasteiger partial charge in [-0.25, -0.2) is 0 Å². The molecule has 0 fully saturated rings. The van der Waals surface area contributed by atoms with Crippen molar-refractivity contribution >= 4 is 27.3 Å². The van der Waals surface area contributed by atoms with Crippen molar-refractivity contribution in [1.29, 1.82) is 0 Å². The van der Waals surface area contributed by atoms with E-state index in [4.69, 9.17) is 4.98 Å². The zero-order chi connectivity index (χ0) is 21.5. The second-order valence-corrected chi connectivity index (χ2v) is 10.5. The molecule has 2 nitrogen and oxygen atoms in total. The Morgan fingerprint density at radius 1 is 0.700 bits per heavy atom. The fraction of sp³-hybridized carbons (Fsp3) is 0.231. The van der Waals surface area contributed by atoms with Crippen LogP contribution in [0.2, 0.25) is 0 Å². The SMILES string of the molecule is Cc1nc(-c2ccc(-c3ccc(-c4ccc(C(C)(C)C)cc4)c(C)n3)s2)ccc1Br. The number of rotatable bonds is 3. The first kappa shape index (κ1) is 21.0. The Bertz CT molecular complexity index is 1200. The zero-order valence-corrected chi connectivity index (χ0v) is 20.4. The Morgan fingerprint density at radius 2 is 1.27 bits per heavy atom. The van der Waals surface area contributed by atoms with E-state index in [1.807, 2.05) is 6.92 Å². The lowest BCUT2D eigenvalue weighted by Crippen LogP contribution is -2.10. The number of pyridine rings is 2. The van der Waals surface area contributed by atoms with Crippen LogP contribution in [0.3, 0.4) is 0 Å². The van der Waals surface area contributed by atoms with E-state index in [-0.39, 0.29) is 5.41 Å². The van der Waals surface area contributed by atoms with Gasteiger partial charge >= 0.3 is 0 Å². The van der Waals surface area contributed by atoms with E-state index in [0.717, 1.165) is 37.0 Å². The van der Waals surface area contributed by atoms with Gasteiger partial charge in [-0.05, 0) is 76.7 Å². The van der Waals surface area contributed by atoms with Crippen LogP contribution in [0.5, 0.6) is 0 Å². The molecule has 0 aliphatic carbocycles. The third-order valence-electron chi connectivity index (χ3n) is 5.28. The van der Waals surface area contributed by atoms with Crippen LogP contribution in [0.1, 0.15) is 37.7 Å². The molecule has 0 unspecified atom stereocenters. The summed E-state index contributed by atoms with van der Waals surface area (Å²) in [5.74, 6) is 0. The first-order chi connectivity index (χ1) is 14.2. The van der Waals surface area contributed by atoms with Crippen LogP contribution in [-0.4, -0.2) is 9.97 Å². The molecule has 4 rings (SSSR count). The first-order valence-corrected chi connectivity index (χ1v) is 11.7. The molecule has 3 heterocycles. The number of benzene rings is 1. The van der Waals surface area contributed by atoms with Gasteiger partial charge < -0.3 is 0 Å². The summed E-state index contributed by atoms with van der Waals surface area (Å²) in [6.07, 6.45) is 0. The molecule has 1 aromatic carbocycles. The van der Waals surface area contributed by atoms with Crippen molar-refractivity contribution in [2.24, 2.45) is 0 Å². The third-order valence-corrected chi connectivity index (χ3v) is 7.25. The van der Waals surface area contributed by atoms with Crippen molar-refractivity contribution < 1.29 is 0 Å². The number of aryl methyl sites for hydroxylation is 2. The van der Waals surface area contributed by atoms with E-state index < -0.39 is 0 Å². The molecule has 0 radical (unpaired) electrons. The number of hydrogen-bond acceptors (Lipinski definition) is 3. The van der Waals surface area contributed by atoms with Crippen molar-refractivity contribution in [2.45, 2.75) is 40.0 Å². The molecule has 30 heavy (non-hydrogen) atoms. The molecular formula is C26H25BrN2S. The van der Waals surface area contributed by atoms with Crippen LogP contribution in [0.15, 0.2) is 65.1 Å². The van der Waals surface area contributed by atoms with Crippen molar-refractivity contribution in [3.05, 3.63) is 82.1 Å². The lowest BCUT2D eigenvalue weighted by Gasteiger charge is -2.19. The van der Waals surface area contributed by atoms with E-state index in [2.05, 4.69) is 109 Å². The molecule has 0 aliphatic rings. The van der Waals surface area contributed by atoms with Gasteiger partial charge in [0, 0.05) is 15.7 Å². The molecule has 0 aliphatic heterocycles. The molecule has 0 saturated carbocycles. The van der Waals surface area contributed by atoms with Crippen LogP contribution in [0, 0.1) is 13.8 Å². The maximum atomic E-state index is 4.91. The first-order valence-electron chi connectivity index (χ1n) is 10.0. The fourth-order valence-electron chi connectivity index (χ4n) is 3.45. The Balaban J connectivity index is 1.62. The molecule has 3 aromatic heterocycles. The summed E-state index contributed by atoms with van der Waals surface area (Å²) in [7, 11) is 0. The smallest absolute Gasteiger partial charge is 0.0805 e. The highest BCUT2D eigenvalue weighted by molar-refractivity contribution is 9.10. The molecule has 0 N–H and O–H groups in total. The third kappa shape index (κ3) is 4.26. The highest BCUT2D eigenvalue weighted by Crippen LogP contribution is 2.35. The topological polar surface area (TPSA) is 25.8 Å². The van der Waals surface area contributed by atoms with Crippen LogP contribution in [-0.2, 0) is 5.41 Å². The highest BCUT2D eigenvalue weighted by atomic mass is 79.9. The van der Waals surface area contributed by atoms with Crippen molar-refractivity contribution in [3.8, 4) is 32.3 Å². The predicted octanol–water partition coefficient (Wildman–Crippen LogP) is 8.22. The number of hydrogen-bond donors (Lipinski definition) is 0. The van der Waals surface area contributed by atoms with E-state index in [1.54, 1.807) is 11.3 Å². The fourth-order valence-corrected chi connectivity index (χ4v) is 4.61. The van der Waals surface area contributed by atoms with Gasteiger partial charge in [0.15, 0.2) is 0 Å². The monoisotopic (exact) mass is 476 g/mol. The molecular weight excluding hydrogens is 452 g/mol. The van der Waals surface area contributed by atoms with Crippen molar-refractivity contribution in [1.82, 2.24) is 9.97 Å². The van der Waals surface area contributed by atoms with Crippen LogP contribution in [0.25, 0.3) is 32.3 Å². The second kappa shape index (κ2) is 8.09. The van der Waals surface area contributed by atoms with Crippen LogP contribution < -0.4 is 0 Å². The molecule has 0 amide bonds. The lowest BCUT2D eigenvalue weighted by molar-refractivity contribution is 0.590. The van der Waals surface area contributed by atoms with Gasteiger partial charge in [-0.2, -0.15) is 0 Å². The molecule has 152 valence electrons. The largest absolute Gasteiger partial charge is 0.252 e. The number of halogens is 1. The predicted molar refractivity (Wildman–Crippen MR) is 132 cm³/mol. The minimum atomic E-state index is 0.161. The second-order valence-electron chi connectivity index (χ2n) is 8.58. The van der Waals surface area contributed by atoms with Crippen molar-refractivity contribution in [2.75, 3.05) is 0 Å².